The molecule has 3 nitrogen and oxygen atoms in total. The molecule has 0 bridgehead atoms. The minimum atomic E-state index is 0.00514. The number of rotatable bonds is 5. The number of hydrogen-bond acceptors (Lipinski definition) is 4. The van der Waals surface area contributed by atoms with Gasteiger partial charge in [-0.15, -0.1) is 23.1 Å². The van der Waals surface area contributed by atoms with Crippen molar-refractivity contribution in [2.45, 2.75) is 23.7 Å². The second-order valence-corrected chi connectivity index (χ2v) is 6.41. The van der Waals surface area contributed by atoms with Gasteiger partial charge in [0.15, 0.2) is 5.13 Å². The van der Waals surface area contributed by atoms with Crippen molar-refractivity contribution in [2.24, 2.45) is 0 Å². The number of amides is 1. The predicted octanol–water partition coefficient (Wildman–Crippen LogP) is 3.75. The van der Waals surface area contributed by atoms with Crippen LogP contribution in [-0.2, 0) is 4.79 Å². The SMILES string of the molecule is O=C(CSc1ccccc1)Nc1nc(C2CC2)cs1. The highest BCUT2D eigenvalue weighted by Crippen LogP contribution is 2.40. The van der Waals surface area contributed by atoms with Crippen LogP contribution in [0.1, 0.15) is 24.5 Å². The lowest BCUT2D eigenvalue weighted by Crippen LogP contribution is -2.13. The van der Waals surface area contributed by atoms with E-state index in [9.17, 15) is 4.79 Å². The lowest BCUT2D eigenvalue weighted by Gasteiger charge is -2.01. The Kier molecular flexibility index (Phi) is 3.84. The van der Waals surface area contributed by atoms with Crippen LogP contribution in [0, 0.1) is 0 Å². The molecule has 1 fully saturated rings. The first-order valence-corrected chi connectivity index (χ1v) is 8.11. The largest absolute Gasteiger partial charge is 0.301 e. The lowest BCUT2D eigenvalue weighted by atomic mass is 10.3. The Morgan fingerprint density at radius 2 is 2.16 bits per heavy atom. The number of carbonyl (C=O) groups is 1. The van der Waals surface area contributed by atoms with Gasteiger partial charge in [0.2, 0.25) is 5.91 Å². The molecular weight excluding hydrogens is 276 g/mol. The predicted molar refractivity (Wildman–Crippen MR) is 79.9 cm³/mol. The molecule has 1 aliphatic rings. The van der Waals surface area contributed by atoms with Crippen LogP contribution in [0.5, 0.6) is 0 Å². The summed E-state index contributed by atoms with van der Waals surface area (Å²) in [5.41, 5.74) is 1.14. The van der Waals surface area contributed by atoms with Crippen LogP contribution < -0.4 is 5.32 Å². The highest BCUT2D eigenvalue weighted by molar-refractivity contribution is 8.00. The van der Waals surface area contributed by atoms with Crippen molar-refractivity contribution in [1.29, 1.82) is 0 Å². The number of nitrogens with zero attached hydrogens (tertiary/aromatic N) is 1. The molecule has 1 aromatic carbocycles. The van der Waals surface area contributed by atoms with Crippen molar-refractivity contribution in [2.75, 3.05) is 11.1 Å². The van der Waals surface area contributed by atoms with Gasteiger partial charge in [-0.2, -0.15) is 0 Å². The molecule has 1 aliphatic carbocycles. The fourth-order valence-electron chi connectivity index (χ4n) is 1.73. The van der Waals surface area contributed by atoms with Crippen molar-refractivity contribution in [3.05, 3.63) is 41.4 Å². The van der Waals surface area contributed by atoms with Crippen LogP contribution in [0.4, 0.5) is 5.13 Å². The molecule has 0 aliphatic heterocycles. The fourth-order valence-corrected chi connectivity index (χ4v) is 3.26. The van der Waals surface area contributed by atoms with Crippen LogP contribution in [0.3, 0.4) is 0 Å². The van der Waals surface area contributed by atoms with E-state index in [-0.39, 0.29) is 5.91 Å². The van der Waals surface area contributed by atoms with Gasteiger partial charge in [-0.25, -0.2) is 4.98 Å². The Labute approximate surface area is 120 Å². The summed E-state index contributed by atoms with van der Waals surface area (Å²) >= 11 is 3.05. The minimum absolute atomic E-state index is 0.00514. The molecule has 0 unspecified atom stereocenters. The zero-order chi connectivity index (χ0) is 13.1. The summed E-state index contributed by atoms with van der Waals surface area (Å²) in [4.78, 5) is 17.4. The van der Waals surface area contributed by atoms with Crippen LogP contribution >= 0.6 is 23.1 Å². The lowest BCUT2D eigenvalue weighted by molar-refractivity contribution is -0.113. The molecule has 19 heavy (non-hydrogen) atoms. The van der Waals surface area contributed by atoms with Gasteiger partial charge in [-0.05, 0) is 25.0 Å². The van der Waals surface area contributed by atoms with E-state index in [4.69, 9.17) is 0 Å². The van der Waals surface area contributed by atoms with Crippen molar-refractivity contribution >= 4 is 34.1 Å². The van der Waals surface area contributed by atoms with E-state index >= 15 is 0 Å². The molecule has 1 N–H and O–H groups in total. The topological polar surface area (TPSA) is 42.0 Å². The van der Waals surface area contributed by atoms with E-state index in [1.54, 1.807) is 0 Å². The van der Waals surface area contributed by atoms with E-state index in [0.29, 0.717) is 11.7 Å². The monoisotopic (exact) mass is 290 g/mol. The quantitative estimate of drug-likeness (QED) is 0.853. The normalized spacial score (nSPS) is 14.3. The van der Waals surface area contributed by atoms with E-state index < -0.39 is 0 Å². The van der Waals surface area contributed by atoms with Crippen LogP contribution in [0.2, 0.25) is 0 Å². The maximum atomic E-state index is 11.8. The molecular formula is C14H14N2OS2. The third-order valence-electron chi connectivity index (χ3n) is 2.88. The number of thioether (sulfide) groups is 1. The number of anilines is 1. The Morgan fingerprint density at radius 1 is 1.37 bits per heavy atom. The summed E-state index contributed by atoms with van der Waals surface area (Å²) < 4.78 is 0. The summed E-state index contributed by atoms with van der Waals surface area (Å²) in [6, 6.07) is 9.93. The highest BCUT2D eigenvalue weighted by Gasteiger charge is 2.26. The molecule has 1 amide bonds. The average molecular weight is 290 g/mol. The van der Waals surface area contributed by atoms with Crippen molar-refractivity contribution < 1.29 is 4.79 Å². The third-order valence-corrected chi connectivity index (χ3v) is 4.67. The van der Waals surface area contributed by atoms with Gasteiger partial charge in [0, 0.05) is 16.2 Å². The number of hydrogen-bond donors (Lipinski definition) is 1. The van der Waals surface area contributed by atoms with E-state index in [2.05, 4.69) is 15.7 Å². The number of carbonyl (C=O) groups excluding carboxylic acids is 1. The molecule has 2 aromatic rings. The van der Waals surface area contributed by atoms with E-state index in [1.165, 1.54) is 35.9 Å². The minimum Gasteiger partial charge on any atom is -0.301 e. The second-order valence-electron chi connectivity index (χ2n) is 4.50. The van der Waals surface area contributed by atoms with Gasteiger partial charge in [0.25, 0.3) is 0 Å². The first-order chi connectivity index (χ1) is 9.31. The maximum Gasteiger partial charge on any atom is 0.236 e. The fraction of sp³-hybridized carbons (Fsp3) is 0.286. The van der Waals surface area contributed by atoms with Crippen molar-refractivity contribution in [3.63, 3.8) is 0 Å². The molecule has 0 atom stereocenters. The smallest absolute Gasteiger partial charge is 0.236 e. The molecule has 98 valence electrons. The standard InChI is InChI=1S/C14H14N2OS2/c17-13(9-18-11-4-2-1-3-5-11)16-14-15-12(8-19-14)10-6-7-10/h1-5,8,10H,6-7,9H2,(H,15,16,17). The summed E-state index contributed by atoms with van der Waals surface area (Å²) in [5.74, 6) is 1.06. The molecule has 0 radical (unpaired) electrons. The first-order valence-electron chi connectivity index (χ1n) is 6.24. The highest BCUT2D eigenvalue weighted by atomic mass is 32.2. The Balaban J connectivity index is 1.50. The second kappa shape index (κ2) is 5.75. The molecule has 0 spiro atoms. The summed E-state index contributed by atoms with van der Waals surface area (Å²) in [5, 5.41) is 5.64. The number of aromatic nitrogens is 1. The van der Waals surface area contributed by atoms with Crippen LogP contribution in [0.25, 0.3) is 0 Å². The van der Waals surface area contributed by atoms with Gasteiger partial charge in [0.1, 0.15) is 0 Å². The zero-order valence-electron chi connectivity index (χ0n) is 10.3. The van der Waals surface area contributed by atoms with Gasteiger partial charge in [-0.1, -0.05) is 18.2 Å². The summed E-state index contributed by atoms with van der Waals surface area (Å²) in [6.45, 7) is 0. The molecule has 1 heterocycles. The van der Waals surface area contributed by atoms with Gasteiger partial charge < -0.3 is 5.32 Å². The van der Waals surface area contributed by atoms with Gasteiger partial charge >= 0.3 is 0 Å². The van der Waals surface area contributed by atoms with Crippen molar-refractivity contribution in [1.82, 2.24) is 4.98 Å². The Morgan fingerprint density at radius 3 is 2.89 bits per heavy atom. The number of benzene rings is 1. The van der Waals surface area contributed by atoms with Crippen molar-refractivity contribution in [3.8, 4) is 0 Å². The maximum absolute atomic E-state index is 11.8. The van der Waals surface area contributed by atoms with E-state index in [0.717, 1.165) is 15.7 Å². The molecule has 1 aromatic heterocycles. The molecule has 3 rings (SSSR count). The van der Waals surface area contributed by atoms with Gasteiger partial charge in [0.05, 0.1) is 11.4 Å². The summed E-state index contributed by atoms with van der Waals surface area (Å²) in [7, 11) is 0. The zero-order valence-corrected chi connectivity index (χ0v) is 12.0. The van der Waals surface area contributed by atoms with Crippen LogP contribution in [0.15, 0.2) is 40.6 Å². The van der Waals surface area contributed by atoms with E-state index in [1.807, 2.05) is 30.3 Å². The molecule has 5 heteroatoms. The summed E-state index contributed by atoms with van der Waals surface area (Å²) in [6.07, 6.45) is 2.47. The van der Waals surface area contributed by atoms with Gasteiger partial charge in [-0.3, -0.25) is 4.79 Å². The molecule has 1 saturated carbocycles. The average Bonchev–Trinajstić information content (AvgIpc) is 3.19. The number of nitrogens with one attached hydrogen (secondary N) is 1. The van der Waals surface area contributed by atoms with Crippen LogP contribution in [-0.4, -0.2) is 16.6 Å². The number of thiazole rings is 1. The Hall–Kier alpha value is -1.33. The third kappa shape index (κ3) is 3.58. The molecule has 0 saturated heterocycles. The first kappa shape index (κ1) is 12.7. The Bertz CT molecular complexity index is 564.